The van der Waals surface area contributed by atoms with E-state index in [2.05, 4.69) is 0 Å². The van der Waals surface area contributed by atoms with Crippen LogP contribution < -0.4 is 0 Å². The monoisotopic (exact) mass is 377 g/mol. The highest BCUT2D eigenvalue weighted by atomic mass is 35.5. The zero-order valence-electron chi connectivity index (χ0n) is 11.4. The fourth-order valence-electron chi connectivity index (χ4n) is 2.30. The molecule has 118 valence electrons. The van der Waals surface area contributed by atoms with E-state index in [1.165, 1.54) is 15.6 Å². The molecular weight excluding hydrogens is 365 g/mol. The second kappa shape index (κ2) is 6.47. The summed E-state index contributed by atoms with van der Waals surface area (Å²) in [4.78, 5) is 0. The Labute approximate surface area is 143 Å². The second-order valence-electron chi connectivity index (χ2n) is 4.83. The largest absolute Gasteiger partial charge is 0.371 e. The minimum atomic E-state index is -3.47. The fourth-order valence-corrected chi connectivity index (χ4v) is 5.17. The molecule has 1 aromatic heterocycles. The van der Waals surface area contributed by atoms with Gasteiger partial charge in [0, 0.05) is 13.1 Å². The van der Waals surface area contributed by atoms with Crippen LogP contribution >= 0.6 is 34.5 Å². The molecule has 0 spiro atoms. The lowest BCUT2D eigenvalue weighted by atomic mass is 10.1. The van der Waals surface area contributed by atoms with Crippen molar-refractivity contribution in [2.45, 2.75) is 10.3 Å². The summed E-state index contributed by atoms with van der Waals surface area (Å²) >= 11 is 13.1. The zero-order chi connectivity index (χ0) is 15.7. The van der Waals surface area contributed by atoms with Gasteiger partial charge in [-0.1, -0.05) is 35.3 Å². The van der Waals surface area contributed by atoms with Crippen LogP contribution in [0, 0.1) is 0 Å². The lowest BCUT2D eigenvalue weighted by Crippen LogP contribution is -2.41. The highest BCUT2D eigenvalue weighted by Gasteiger charge is 2.32. The third-order valence-corrected chi connectivity index (χ3v) is 7.41. The average molecular weight is 378 g/mol. The van der Waals surface area contributed by atoms with Crippen molar-refractivity contribution < 1.29 is 13.2 Å². The number of hydrogen-bond donors (Lipinski definition) is 0. The summed E-state index contributed by atoms with van der Waals surface area (Å²) in [6.45, 7) is 0.950. The van der Waals surface area contributed by atoms with Crippen molar-refractivity contribution in [1.29, 1.82) is 0 Å². The van der Waals surface area contributed by atoms with Gasteiger partial charge in [0.05, 0.1) is 22.8 Å². The van der Waals surface area contributed by atoms with Crippen molar-refractivity contribution in [1.82, 2.24) is 4.31 Å². The first-order valence-corrected chi connectivity index (χ1v) is 9.66. The molecule has 0 N–H and O–H groups in total. The summed E-state index contributed by atoms with van der Waals surface area (Å²) < 4.78 is 32.7. The van der Waals surface area contributed by atoms with Gasteiger partial charge in [-0.25, -0.2) is 8.42 Å². The molecule has 2 heterocycles. The molecule has 22 heavy (non-hydrogen) atoms. The number of ether oxygens (including phenoxy) is 1. The average Bonchev–Trinajstić information content (AvgIpc) is 3.05. The summed E-state index contributed by atoms with van der Waals surface area (Å²) in [6, 6.07) is 8.56. The van der Waals surface area contributed by atoms with E-state index in [4.69, 9.17) is 27.9 Å². The Bertz CT molecular complexity index is 762. The van der Waals surface area contributed by atoms with Gasteiger partial charge < -0.3 is 4.74 Å². The normalized spacial score (nSPS) is 20.2. The van der Waals surface area contributed by atoms with Crippen LogP contribution in [0.3, 0.4) is 0 Å². The number of rotatable bonds is 3. The van der Waals surface area contributed by atoms with Crippen molar-refractivity contribution in [3.8, 4) is 0 Å². The molecule has 1 fully saturated rings. The van der Waals surface area contributed by atoms with Crippen LogP contribution in [0.25, 0.3) is 0 Å². The van der Waals surface area contributed by atoms with E-state index >= 15 is 0 Å². The molecule has 2 aromatic rings. The van der Waals surface area contributed by atoms with Crippen molar-refractivity contribution in [3.63, 3.8) is 0 Å². The van der Waals surface area contributed by atoms with Crippen LogP contribution in [0.5, 0.6) is 0 Å². The Morgan fingerprint density at radius 3 is 2.73 bits per heavy atom. The van der Waals surface area contributed by atoms with Crippen molar-refractivity contribution >= 4 is 44.6 Å². The maximum absolute atomic E-state index is 12.6. The Balaban J connectivity index is 1.84. The Kier molecular flexibility index (Phi) is 4.77. The van der Waals surface area contributed by atoms with Crippen molar-refractivity contribution in [2.75, 3.05) is 19.7 Å². The van der Waals surface area contributed by atoms with E-state index in [0.29, 0.717) is 27.4 Å². The maximum Gasteiger partial charge on any atom is 0.252 e. The molecule has 1 unspecified atom stereocenters. The maximum atomic E-state index is 12.6. The molecule has 0 saturated carbocycles. The first kappa shape index (κ1) is 16.2. The molecule has 0 radical (unpaired) electrons. The van der Waals surface area contributed by atoms with Crippen molar-refractivity contribution in [2.24, 2.45) is 0 Å². The number of hydrogen-bond acceptors (Lipinski definition) is 4. The molecule has 1 saturated heterocycles. The van der Waals surface area contributed by atoms with Crippen LogP contribution in [-0.4, -0.2) is 32.4 Å². The molecule has 1 aromatic carbocycles. The van der Waals surface area contributed by atoms with Gasteiger partial charge in [0.25, 0.3) is 10.0 Å². The van der Waals surface area contributed by atoms with Gasteiger partial charge in [-0.15, -0.1) is 11.3 Å². The van der Waals surface area contributed by atoms with Gasteiger partial charge in [-0.2, -0.15) is 4.31 Å². The number of thiophene rings is 1. The van der Waals surface area contributed by atoms with E-state index in [1.54, 1.807) is 35.7 Å². The molecule has 0 amide bonds. The summed E-state index contributed by atoms with van der Waals surface area (Å²) in [5.74, 6) is 0. The van der Waals surface area contributed by atoms with Crippen molar-refractivity contribution in [3.05, 3.63) is 51.3 Å². The first-order valence-electron chi connectivity index (χ1n) is 6.58. The zero-order valence-corrected chi connectivity index (χ0v) is 14.6. The predicted molar refractivity (Wildman–Crippen MR) is 88.2 cm³/mol. The predicted octanol–water partition coefficient (Wildman–Crippen LogP) is 3.82. The van der Waals surface area contributed by atoms with Gasteiger partial charge in [0.15, 0.2) is 0 Å². The lowest BCUT2D eigenvalue weighted by Gasteiger charge is -2.32. The highest BCUT2D eigenvalue weighted by molar-refractivity contribution is 7.91. The quantitative estimate of drug-likeness (QED) is 0.816. The van der Waals surface area contributed by atoms with Gasteiger partial charge in [0.1, 0.15) is 4.21 Å². The van der Waals surface area contributed by atoms with Gasteiger partial charge >= 0.3 is 0 Å². The van der Waals surface area contributed by atoms with Crippen LogP contribution in [0.1, 0.15) is 11.7 Å². The standard InChI is InChI=1S/C14H13Cl2NO3S2/c15-11-4-3-10(8-12(11)16)13-9-17(5-6-20-13)22(18,19)14-2-1-7-21-14/h1-4,7-8,13H,5-6,9H2. The topological polar surface area (TPSA) is 46.6 Å². The summed E-state index contributed by atoms with van der Waals surface area (Å²) in [6.07, 6.45) is -0.349. The van der Waals surface area contributed by atoms with E-state index in [1.807, 2.05) is 0 Å². The molecular formula is C14H13Cl2NO3S2. The minimum Gasteiger partial charge on any atom is -0.371 e. The molecule has 0 aliphatic carbocycles. The summed E-state index contributed by atoms with van der Waals surface area (Å²) in [5.41, 5.74) is 0.820. The molecule has 0 bridgehead atoms. The van der Waals surface area contributed by atoms with Crippen LogP contribution in [0.2, 0.25) is 10.0 Å². The number of morpholine rings is 1. The van der Waals surface area contributed by atoms with Gasteiger partial charge in [0.2, 0.25) is 0 Å². The van der Waals surface area contributed by atoms with E-state index in [-0.39, 0.29) is 12.6 Å². The Morgan fingerprint density at radius 2 is 2.05 bits per heavy atom. The van der Waals surface area contributed by atoms with Crippen LogP contribution in [-0.2, 0) is 14.8 Å². The lowest BCUT2D eigenvalue weighted by molar-refractivity contribution is -0.00249. The minimum absolute atomic E-state index is 0.262. The third kappa shape index (κ3) is 3.18. The molecule has 1 atom stereocenters. The van der Waals surface area contributed by atoms with Crippen LogP contribution in [0.4, 0.5) is 0 Å². The summed E-state index contributed by atoms with van der Waals surface area (Å²) in [5, 5.41) is 2.65. The van der Waals surface area contributed by atoms with E-state index < -0.39 is 10.0 Å². The molecule has 1 aliphatic rings. The SMILES string of the molecule is O=S(=O)(c1cccs1)N1CCOC(c2ccc(Cl)c(Cl)c2)C1. The smallest absolute Gasteiger partial charge is 0.252 e. The molecule has 1 aliphatic heterocycles. The second-order valence-corrected chi connectivity index (χ2v) is 8.75. The van der Waals surface area contributed by atoms with E-state index in [0.717, 1.165) is 5.56 Å². The number of nitrogens with zero attached hydrogens (tertiary/aromatic N) is 1. The Hall–Kier alpha value is -0.630. The molecule has 8 heteroatoms. The number of benzene rings is 1. The molecule has 4 nitrogen and oxygen atoms in total. The first-order chi connectivity index (χ1) is 10.5. The molecule has 3 rings (SSSR count). The summed E-state index contributed by atoms with van der Waals surface area (Å²) in [7, 11) is -3.47. The fraction of sp³-hybridized carbons (Fsp3) is 0.286. The highest BCUT2D eigenvalue weighted by Crippen LogP contribution is 2.31. The Morgan fingerprint density at radius 1 is 1.23 bits per heavy atom. The number of sulfonamides is 1. The third-order valence-electron chi connectivity index (χ3n) is 3.43. The van der Waals surface area contributed by atoms with Gasteiger partial charge in [-0.3, -0.25) is 0 Å². The van der Waals surface area contributed by atoms with Crippen LogP contribution in [0.15, 0.2) is 39.9 Å². The van der Waals surface area contributed by atoms with Gasteiger partial charge in [-0.05, 0) is 29.1 Å². The van der Waals surface area contributed by atoms with E-state index in [9.17, 15) is 8.42 Å². The number of halogens is 2.